The van der Waals surface area contributed by atoms with E-state index in [1.54, 1.807) is 0 Å². The van der Waals surface area contributed by atoms with Crippen molar-refractivity contribution in [3.8, 4) is 0 Å². The van der Waals surface area contributed by atoms with Gasteiger partial charge in [0.25, 0.3) is 0 Å². The molecule has 0 fully saturated rings. The molecule has 1 unspecified atom stereocenters. The van der Waals surface area contributed by atoms with Crippen LogP contribution in [-0.2, 0) is 19.1 Å². The molecule has 0 spiro atoms. The first kappa shape index (κ1) is 21.9. The maximum absolute atomic E-state index is 11.4. The predicted molar refractivity (Wildman–Crippen MR) is 86.9 cm³/mol. The molecule has 0 rings (SSSR count). The van der Waals surface area contributed by atoms with E-state index in [0.717, 1.165) is 51.4 Å². The molecule has 0 aromatic heterocycles. The number of carbonyl (C=O) groups is 2. The number of aliphatic hydroxyl groups is 2. The fourth-order valence-corrected chi connectivity index (χ4v) is 1.96. The van der Waals surface area contributed by atoms with E-state index in [0.29, 0.717) is 19.4 Å². The van der Waals surface area contributed by atoms with E-state index in [9.17, 15) is 9.59 Å². The Bertz CT molecular complexity index is 305. The van der Waals surface area contributed by atoms with Crippen LogP contribution in [-0.4, -0.2) is 48.1 Å². The number of esters is 2. The van der Waals surface area contributed by atoms with Crippen LogP contribution in [0.1, 0.15) is 71.1 Å². The van der Waals surface area contributed by atoms with Crippen molar-refractivity contribution >= 4 is 11.9 Å². The van der Waals surface area contributed by atoms with Gasteiger partial charge < -0.3 is 19.7 Å². The van der Waals surface area contributed by atoms with Gasteiger partial charge in [0.1, 0.15) is 12.7 Å². The molecule has 0 aromatic carbocycles. The fraction of sp³-hybridized carbons (Fsp3) is 0.882. The molecule has 1 atom stereocenters. The van der Waals surface area contributed by atoms with Crippen LogP contribution in [0.15, 0.2) is 0 Å². The quantitative estimate of drug-likeness (QED) is 0.353. The van der Waals surface area contributed by atoms with E-state index in [-0.39, 0.29) is 18.5 Å². The zero-order valence-electron chi connectivity index (χ0n) is 14.3. The van der Waals surface area contributed by atoms with Crippen molar-refractivity contribution in [2.24, 2.45) is 0 Å². The summed E-state index contributed by atoms with van der Waals surface area (Å²) in [5.74, 6) is -0.446. The average Bonchev–Trinajstić information content (AvgIpc) is 2.55. The maximum Gasteiger partial charge on any atom is 0.305 e. The Morgan fingerprint density at radius 1 is 0.870 bits per heavy atom. The lowest BCUT2D eigenvalue weighted by Gasteiger charge is -2.08. The number of unbranched alkanes of at least 4 members (excludes halogenated alkanes) is 6. The molecular weight excluding hydrogens is 300 g/mol. The number of carbonyl (C=O) groups excluding carboxylic acids is 2. The minimum Gasteiger partial charge on any atom is -0.466 e. The van der Waals surface area contributed by atoms with Gasteiger partial charge in [0.05, 0.1) is 13.2 Å². The summed E-state index contributed by atoms with van der Waals surface area (Å²) < 4.78 is 9.88. The van der Waals surface area contributed by atoms with Gasteiger partial charge in [0.2, 0.25) is 0 Å². The lowest BCUT2D eigenvalue weighted by atomic mass is 10.1. The Balaban J connectivity index is 3.30. The van der Waals surface area contributed by atoms with E-state index >= 15 is 0 Å². The van der Waals surface area contributed by atoms with Crippen LogP contribution in [0.5, 0.6) is 0 Å². The molecule has 0 aliphatic carbocycles. The Morgan fingerprint density at radius 2 is 1.39 bits per heavy atom. The second-order valence-electron chi connectivity index (χ2n) is 5.71. The van der Waals surface area contributed by atoms with Crippen LogP contribution < -0.4 is 0 Å². The van der Waals surface area contributed by atoms with E-state index in [2.05, 4.69) is 6.92 Å². The van der Waals surface area contributed by atoms with Crippen molar-refractivity contribution in [1.82, 2.24) is 0 Å². The smallest absolute Gasteiger partial charge is 0.305 e. The van der Waals surface area contributed by atoms with Gasteiger partial charge in [0.15, 0.2) is 0 Å². The van der Waals surface area contributed by atoms with Gasteiger partial charge in [-0.2, -0.15) is 0 Å². The Labute approximate surface area is 139 Å². The Kier molecular flexibility index (Phi) is 15.0. The summed E-state index contributed by atoms with van der Waals surface area (Å²) >= 11 is 0. The van der Waals surface area contributed by atoms with Gasteiger partial charge in [0, 0.05) is 12.8 Å². The second kappa shape index (κ2) is 15.7. The van der Waals surface area contributed by atoms with Gasteiger partial charge >= 0.3 is 11.9 Å². The number of ether oxygens (including phenoxy) is 2. The third-order valence-corrected chi connectivity index (χ3v) is 3.42. The molecule has 136 valence electrons. The standard InChI is InChI=1S/C17H32O6/c1-2-3-12-22-16(20)10-8-6-4-5-7-9-11-17(21)23-14-15(19)13-18/h15,18-19H,2-14H2,1H3. The predicted octanol–water partition coefficient (Wildman–Crippen LogP) is 2.35. The van der Waals surface area contributed by atoms with Crippen LogP contribution in [0.25, 0.3) is 0 Å². The van der Waals surface area contributed by atoms with Crippen LogP contribution in [0.4, 0.5) is 0 Å². The van der Waals surface area contributed by atoms with Crippen molar-refractivity contribution in [1.29, 1.82) is 0 Å². The molecule has 0 bridgehead atoms. The van der Waals surface area contributed by atoms with Crippen molar-refractivity contribution in [3.63, 3.8) is 0 Å². The molecular formula is C17H32O6. The first-order valence-electron chi connectivity index (χ1n) is 8.70. The van der Waals surface area contributed by atoms with Gasteiger partial charge in [-0.05, 0) is 19.3 Å². The highest BCUT2D eigenvalue weighted by molar-refractivity contribution is 5.69. The van der Waals surface area contributed by atoms with E-state index in [1.165, 1.54) is 0 Å². The van der Waals surface area contributed by atoms with Crippen molar-refractivity contribution in [3.05, 3.63) is 0 Å². The summed E-state index contributed by atoms with van der Waals surface area (Å²) in [4.78, 5) is 22.7. The van der Waals surface area contributed by atoms with Gasteiger partial charge in [-0.25, -0.2) is 0 Å². The molecule has 0 aliphatic rings. The summed E-state index contributed by atoms with van der Waals surface area (Å²) in [6.45, 7) is 2.04. The zero-order valence-corrected chi connectivity index (χ0v) is 14.3. The van der Waals surface area contributed by atoms with E-state index in [1.807, 2.05) is 0 Å². The lowest BCUT2D eigenvalue weighted by molar-refractivity contribution is -0.147. The average molecular weight is 332 g/mol. The molecule has 0 radical (unpaired) electrons. The molecule has 0 aromatic rings. The van der Waals surface area contributed by atoms with Crippen LogP contribution in [0.3, 0.4) is 0 Å². The molecule has 0 heterocycles. The number of aliphatic hydroxyl groups excluding tert-OH is 2. The summed E-state index contributed by atoms with van der Waals surface area (Å²) in [7, 11) is 0. The van der Waals surface area contributed by atoms with Crippen molar-refractivity contribution < 1.29 is 29.3 Å². The largest absolute Gasteiger partial charge is 0.466 e. The molecule has 0 saturated carbocycles. The monoisotopic (exact) mass is 332 g/mol. The summed E-state index contributed by atoms with van der Waals surface area (Å²) in [5, 5.41) is 17.6. The molecule has 23 heavy (non-hydrogen) atoms. The van der Waals surface area contributed by atoms with Crippen LogP contribution >= 0.6 is 0 Å². The van der Waals surface area contributed by atoms with E-state index in [4.69, 9.17) is 19.7 Å². The SMILES string of the molecule is CCCCOC(=O)CCCCCCCCC(=O)OCC(O)CO. The fourth-order valence-electron chi connectivity index (χ4n) is 1.96. The minimum absolute atomic E-state index is 0.105. The normalized spacial score (nSPS) is 12.0. The number of rotatable bonds is 15. The molecule has 0 amide bonds. The zero-order chi connectivity index (χ0) is 17.3. The number of hydrogen-bond donors (Lipinski definition) is 2. The second-order valence-corrected chi connectivity index (χ2v) is 5.71. The van der Waals surface area contributed by atoms with Crippen LogP contribution in [0, 0.1) is 0 Å². The van der Waals surface area contributed by atoms with Gasteiger partial charge in [-0.1, -0.05) is 39.0 Å². The molecule has 6 nitrogen and oxygen atoms in total. The Morgan fingerprint density at radius 3 is 1.91 bits per heavy atom. The third-order valence-electron chi connectivity index (χ3n) is 3.42. The van der Waals surface area contributed by atoms with Gasteiger partial charge in [-0.15, -0.1) is 0 Å². The highest BCUT2D eigenvalue weighted by atomic mass is 16.5. The first-order valence-corrected chi connectivity index (χ1v) is 8.70. The summed E-state index contributed by atoms with van der Waals surface area (Å²) in [6, 6.07) is 0. The lowest BCUT2D eigenvalue weighted by Crippen LogP contribution is -2.21. The maximum atomic E-state index is 11.4. The molecule has 0 aliphatic heterocycles. The minimum atomic E-state index is -0.993. The first-order chi connectivity index (χ1) is 11.1. The third kappa shape index (κ3) is 15.5. The summed E-state index contributed by atoms with van der Waals surface area (Å²) in [5.41, 5.74) is 0. The number of hydrogen-bond acceptors (Lipinski definition) is 6. The van der Waals surface area contributed by atoms with Crippen molar-refractivity contribution in [2.75, 3.05) is 19.8 Å². The van der Waals surface area contributed by atoms with Crippen LogP contribution in [0.2, 0.25) is 0 Å². The topological polar surface area (TPSA) is 93.1 Å². The summed E-state index contributed by atoms with van der Waals surface area (Å²) in [6.07, 6.45) is 7.40. The molecule has 6 heteroatoms. The Hall–Kier alpha value is -1.14. The highest BCUT2D eigenvalue weighted by Crippen LogP contribution is 2.09. The van der Waals surface area contributed by atoms with E-state index < -0.39 is 12.7 Å². The van der Waals surface area contributed by atoms with Gasteiger partial charge in [-0.3, -0.25) is 9.59 Å². The highest BCUT2D eigenvalue weighted by Gasteiger charge is 2.07. The molecule has 2 N–H and O–H groups in total. The molecule has 0 saturated heterocycles. The van der Waals surface area contributed by atoms with Crippen molar-refractivity contribution in [2.45, 2.75) is 77.2 Å².